The number of esters is 1. The zero-order valence-corrected chi connectivity index (χ0v) is 17.4. The summed E-state index contributed by atoms with van der Waals surface area (Å²) in [5, 5.41) is 2.96. The molecular weight excluding hydrogens is 370 g/mol. The van der Waals surface area contributed by atoms with Crippen molar-refractivity contribution in [2.75, 3.05) is 11.9 Å². The van der Waals surface area contributed by atoms with E-state index < -0.39 is 5.97 Å². The van der Waals surface area contributed by atoms with Crippen molar-refractivity contribution in [3.63, 3.8) is 0 Å². The number of rotatable bonds is 6. The van der Waals surface area contributed by atoms with Gasteiger partial charge in [-0.3, -0.25) is 4.98 Å². The third-order valence-corrected chi connectivity index (χ3v) is 5.32. The van der Waals surface area contributed by atoms with E-state index in [1.165, 1.54) is 6.42 Å². The zero-order chi connectivity index (χ0) is 20.8. The molecule has 1 N–H and O–H groups in total. The molecule has 2 amide bonds. The summed E-state index contributed by atoms with van der Waals surface area (Å²) in [5.41, 5.74) is 2.12. The fourth-order valence-electron chi connectivity index (χ4n) is 3.78. The van der Waals surface area contributed by atoms with Crippen LogP contribution in [0.3, 0.4) is 0 Å². The Morgan fingerprint density at radius 1 is 1.24 bits per heavy atom. The first kappa shape index (κ1) is 20.9. The number of anilines is 1. The molecule has 1 saturated carbocycles. The molecule has 1 aliphatic rings. The Kier molecular flexibility index (Phi) is 6.90. The van der Waals surface area contributed by atoms with Gasteiger partial charge >= 0.3 is 12.0 Å². The fraction of sp³-hybridized carbons (Fsp3) is 0.500. The number of pyridine rings is 1. The number of furan rings is 1. The van der Waals surface area contributed by atoms with Gasteiger partial charge in [-0.1, -0.05) is 19.3 Å². The number of nitrogens with zero attached hydrogens (tertiary/aromatic N) is 2. The first-order valence-corrected chi connectivity index (χ1v) is 10.2. The summed E-state index contributed by atoms with van der Waals surface area (Å²) >= 11 is 0. The quantitative estimate of drug-likeness (QED) is 0.703. The Morgan fingerprint density at radius 3 is 2.66 bits per heavy atom. The van der Waals surface area contributed by atoms with Crippen LogP contribution in [0.25, 0.3) is 0 Å². The van der Waals surface area contributed by atoms with Gasteiger partial charge in [-0.15, -0.1) is 0 Å². The highest BCUT2D eigenvalue weighted by Gasteiger charge is 2.27. The lowest BCUT2D eigenvalue weighted by atomic mass is 9.94. The molecule has 2 aromatic rings. The van der Waals surface area contributed by atoms with Crippen LogP contribution in [-0.2, 0) is 11.3 Å². The van der Waals surface area contributed by atoms with Gasteiger partial charge < -0.3 is 19.4 Å². The molecule has 156 valence electrons. The van der Waals surface area contributed by atoms with Crippen molar-refractivity contribution in [3.05, 3.63) is 47.2 Å². The second kappa shape index (κ2) is 9.58. The number of carbonyl (C=O) groups excluding carboxylic acids is 2. The monoisotopic (exact) mass is 399 g/mol. The highest BCUT2D eigenvalue weighted by atomic mass is 16.5. The van der Waals surface area contributed by atoms with E-state index in [1.54, 1.807) is 26.2 Å². The largest absolute Gasteiger partial charge is 0.467 e. The third-order valence-electron chi connectivity index (χ3n) is 5.32. The molecule has 7 heteroatoms. The van der Waals surface area contributed by atoms with Gasteiger partial charge in [-0.25, -0.2) is 9.59 Å². The molecular formula is C22H29N3O4. The van der Waals surface area contributed by atoms with E-state index in [1.807, 2.05) is 24.0 Å². The van der Waals surface area contributed by atoms with E-state index >= 15 is 0 Å². The Bertz CT molecular complexity index is 842. The lowest BCUT2D eigenvalue weighted by Gasteiger charge is -2.34. The molecule has 1 aliphatic carbocycles. The van der Waals surface area contributed by atoms with Crippen LogP contribution in [-0.4, -0.2) is 34.5 Å². The number of aryl methyl sites for hydroxylation is 2. The van der Waals surface area contributed by atoms with Gasteiger partial charge in [0.25, 0.3) is 0 Å². The second-order valence-electron chi connectivity index (χ2n) is 7.40. The average molecular weight is 399 g/mol. The molecule has 2 aromatic heterocycles. The van der Waals surface area contributed by atoms with Crippen LogP contribution in [0, 0.1) is 13.8 Å². The molecule has 29 heavy (non-hydrogen) atoms. The second-order valence-corrected chi connectivity index (χ2v) is 7.40. The number of hydrogen-bond acceptors (Lipinski definition) is 5. The Morgan fingerprint density at radius 2 is 2.00 bits per heavy atom. The Balaban J connectivity index is 1.82. The smallest absolute Gasteiger partial charge is 0.340 e. The van der Waals surface area contributed by atoms with Gasteiger partial charge in [0.05, 0.1) is 42.1 Å². The normalized spacial score (nSPS) is 14.4. The minimum atomic E-state index is -0.437. The van der Waals surface area contributed by atoms with Crippen LogP contribution in [0.4, 0.5) is 10.5 Å². The molecule has 7 nitrogen and oxygen atoms in total. The molecule has 0 unspecified atom stereocenters. The van der Waals surface area contributed by atoms with E-state index in [9.17, 15) is 9.59 Å². The van der Waals surface area contributed by atoms with Crippen LogP contribution in [0.2, 0.25) is 0 Å². The van der Waals surface area contributed by atoms with Gasteiger partial charge in [0.1, 0.15) is 5.76 Å². The minimum absolute atomic E-state index is 0.164. The predicted molar refractivity (Wildman–Crippen MR) is 110 cm³/mol. The van der Waals surface area contributed by atoms with Gasteiger partial charge in [-0.05, 0) is 51.8 Å². The van der Waals surface area contributed by atoms with Gasteiger partial charge in [0, 0.05) is 6.04 Å². The topological polar surface area (TPSA) is 84.7 Å². The summed E-state index contributed by atoms with van der Waals surface area (Å²) < 4.78 is 10.6. The summed E-state index contributed by atoms with van der Waals surface area (Å²) in [6.07, 6.45) is 7.01. The number of carbonyl (C=O) groups is 2. The van der Waals surface area contributed by atoms with Crippen molar-refractivity contribution in [1.82, 2.24) is 9.88 Å². The van der Waals surface area contributed by atoms with Gasteiger partial charge in [0.15, 0.2) is 0 Å². The highest BCUT2D eigenvalue weighted by Crippen LogP contribution is 2.26. The Hall–Kier alpha value is -2.83. The van der Waals surface area contributed by atoms with Crippen LogP contribution in [0.1, 0.15) is 66.5 Å². The SMILES string of the molecule is CCOC(=O)c1cc(NC(=O)N(Cc2ccco2)C2CCCCC2)c(C)nc1C. The van der Waals surface area contributed by atoms with Crippen molar-refractivity contribution in [2.45, 2.75) is 65.5 Å². The Labute approximate surface area is 171 Å². The molecule has 3 rings (SSSR count). The number of ether oxygens (including phenoxy) is 1. The lowest BCUT2D eigenvalue weighted by molar-refractivity contribution is 0.0525. The maximum absolute atomic E-state index is 13.2. The first-order valence-electron chi connectivity index (χ1n) is 10.2. The van der Waals surface area contributed by atoms with Crippen LogP contribution >= 0.6 is 0 Å². The van der Waals surface area contributed by atoms with Crippen molar-refractivity contribution in [3.8, 4) is 0 Å². The third kappa shape index (κ3) is 5.16. The van der Waals surface area contributed by atoms with Crippen molar-refractivity contribution in [1.29, 1.82) is 0 Å². The van der Waals surface area contributed by atoms with E-state index in [-0.39, 0.29) is 18.7 Å². The summed E-state index contributed by atoms with van der Waals surface area (Å²) in [7, 11) is 0. The summed E-state index contributed by atoms with van der Waals surface area (Å²) in [6.45, 7) is 6.03. The highest BCUT2D eigenvalue weighted by molar-refractivity contribution is 5.95. The van der Waals surface area contributed by atoms with Crippen molar-refractivity contribution in [2.24, 2.45) is 0 Å². The zero-order valence-electron chi connectivity index (χ0n) is 17.4. The molecule has 2 heterocycles. The van der Waals surface area contributed by atoms with Gasteiger partial charge in [0.2, 0.25) is 0 Å². The molecule has 0 spiro atoms. The van der Waals surface area contributed by atoms with Gasteiger partial charge in [-0.2, -0.15) is 0 Å². The number of amides is 2. The molecule has 0 bridgehead atoms. The maximum atomic E-state index is 13.2. The summed E-state index contributed by atoms with van der Waals surface area (Å²) in [5.74, 6) is 0.310. The van der Waals surface area contributed by atoms with E-state index in [0.29, 0.717) is 29.2 Å². The number of aromatic nitrogens is 1. The van der Waals surface area contributed by atoms with Crippen LogP contribution in [0.5, 0.6) is 0 Å². The summed E-state index contributed by atoms with van der Waals surface area (Å²) in [4.78, 5) is 31.7. The molecule has 0 aromatic carbocycles. The van der Waals surface area contributed by atoms with Crippen LogP contribution < -0.4 is 5.32 Å². The van der Waals surface area contributed by atoms with E-state index in [0.717, 1.165) is 31.4 Å². The van der Waals surface area contributed by atoms with Crippen molar-refractivity contribution >= 4 is 17.7 Å². The van der Waals surface area contributed by atoms with Crippen LogP contribution in [0.15, 0.2) is 28.9 Å². The number of urea groups is 1. The predicted octanol–water partition coefficient (Wildman–Crippen LogP) is 4.83. The first-order chi connectivity index (χ1) is 14.0. The average Bonchev–Trinajstić information content (AvgIpc) is 3.22. The minimum Gasteiger partial charge on any atom is -0.467 e. The maximum Gasteiger partial charge on any atom is 0.340 e. The molecule has 0 aliphatic heterocycles. The molecule has 1 fully saturated rings. The van der Waals surface area contributed by atoms with E-state index in [2.05, 4.69) is 10.3 Å². The molecule has 0 radical (unpaired) electrons. The molecule has 0 saturated heterocycles. The number of nitrogens with one attached hydrogen (secondary N) is 1. The van der Waals surface area contributed by atoms with Crippen molar-refractivity contribution < 1.29 is 18.7 Å². The standard InChI is InChI=1S/C22H29N3O4/c1-4-28-21(26)19-13-20(16(3)23-15(19)2)24-22(27)25(14-18-11-8-12-29-18)17-9-6-5-7-10-17/h8,11-13,17H,4-7,9-10,14H2,1-3H3,(H,24,27). The van der Waals surface area contributed by atoms with E-state index in [4.69, 9.17) is 9.15 Å². The summed E-state index contributed by atoms with van der Waals surface area (Å²) in [6, 6.07) is 5.31. The lowest BCUT2D eigenvalue weighted by Crippen LogP contribution is -2.43. The molecule has 0 atom stereocenters. The fourth-order valence-corrected chi connectivity index (χ4v) is 3.78. The number of hydrogen-bond donors (Lipinski definition) is 1.